The zero-order valence-corrected chi connectivity index (χ0v) is 10.5. The molecule has 110 valence electrons. The number of nitrogens with one attached hydrogen (secondary N) is 2. The summed E-state index contributed by atoms with van der Waals surface area (Å²) in [6.07, 6.45) is -2.21. The van der Waals surface area contributed by atoms with Gasteiger partial charge >= 0.3 is 6.18 Å². The lowest BCUT2D eigenvalue weighted by molar-refractivity contribution is -0.141. The fourth-order valence-corrected chi connectivity index (χ4v) is 1.49. The number of hydrazine groups is 1. The molecule has 6 nitrogen and oxygen atoms in total. The summed E-state index contributed by atoms with van der Waals surface area (Å²) in [6.45, 7) is 0. The second-order valence-corrected chi connectivity index (χ2v) is 3.96. The molecule has 0 unspecified atom stereocenters. The number of carbonyl (C=O) groups excluding carboxylic acids is 1. The molecule has 0 saturated heterocycles. The van der Waals surface area contributed by atoms with Crippen LogP contribution in [0.5, 0.6) is 0 Å². The average Bonchev–Trinajstić information content (AvgIpc) is 2.47. The molecule has 21 heavy (non-hydrogen) atoms. The Kier molecular flexibility index (Phi) is 4.03. The van der Waals surface area contributed by atoms with Crippen LogP contribution in [0.1, 0.15) is 16.1 Å². The van der Waals surface area contributed by atoms with Crippen molar-refractivity contribution in [2.75, 3.05) is 10.7 Å². The fraction of sp³-hybridized carbons (Fsp3) is 0.0833. The van der Waals surface area contributed by atoms with Gasteiger partial charge in [-0.1, -0.05) is 0 Å². The van der Waals surface area contributed by atoms with Crippen LogP contribution in [-0.4, -0.2) is 15.9 Å². The van der Waals surface area contributed by atoms with Crippen molar-refractivity contribution in [2.45, 2.75) is 6.18 Å². The highest BCUT2D eigenvalue weighted by molar-refractivity contribution is 6.04. The van der Waals surface area contributed by atoms with Gasteiger partial charge in [0, 0.05) is 11.8 Å². The largest absolute Gasteiger partial charge is 0.433 e. The van der Waals surface area contributed by atoms with Crippen LogP contribution in [0.2, 0.25) is 0 Å². The fourth-order valence-electron chi connectivity index (χ4n) is 1.49. The number of pyridine rings is 2. The predicted molar refractivity (Wildman–Crippen MR) is 69.2 cm³/mol. The van der Waals surface area contributed by atoms with Crippen LogP contribution in [-0.2, 0) is 6.18 Å². The summed E-state index contributed by atoms with van der Waals surface area (Å²) in [7, 11) is 0. The first-order chi connectivity index (χ1) is 9.90. The van der Waals surface area contributed by atoms with E-state index in [4.69, 9.17) is 5.84 Å². The molecule has 0 aliphatic rings. The van der Waals surface area contributed by atoms with Gasteiger partial charge in [0.25, 0.3) is 5.91 Å². The normalized spacial score (nSPS) is 11.0. The summed E-state index contributed by atoms with van der Waals surface area (Å²) in [5.41, 5.74) is 1.65. The highest BCUT2D eigenvalue weighted by Gasteiger charge is 2.32. The first-order valence-corrected chi connectivity index (χ1v) is 5.67. The quantitative estimate of drug-likeness (QED) is 0.595. The lowest BCUT2D eigenvalue weighted by Crippen LogP contribution is -2.15. The number of rotatable bonds is 3. The van der Waals surface area contributed by atoms with Crippen LogP contribution < -0.4 is 16.6 Å². The van der Waals surface area contributed by atoms with Crippen LogP contribution in [0.25, 0.3) is 0 Å². The second kappa shape index (κ2) is 5.75. The average molecular weight is 297 g/mol. The van der Waals surface area contributed by atoms with Gasteiger partial charge in [-0.05, 0) is 24.3 Å². The molecule has 0 atom stereocenters. The third kappa shape index (κ3) is 3.66. The topological polar surface area (TPSA) is 92.9 Å². The zero-order chi connectivity index (χ0) is 15.5. The van der Waals surface area contributed by atoms with E-state index < -0.39 is 17.8 Å². The third-order valence-electron chi connectivity index (χ3n) is 2.48. The number of nitrogens with two attached hydrogens (primary N) is 1. The van der Waals surface area contributed by atoms with E-state index in [9.17, 15) is 18.0 Å². The molecule has 0 aliphatic heterocycles. The summed E-state index contributed by atoms with van der Waals surface area (Å²) < 4.78 is 37.1. The van der Waals surface area contributed by atoms with Crippen molar-refractivity contribution in [3.05, 3.63) is 47.9 Å². The van der Waals surface area contributed by atoms with Crippen LogP contribution >= 0.6 is 0 Å². The maximum atomic E-state index is 12.4. The molecule has 2 rings (SSSR count). The lowest BCUT2D eigenvalue weighted by Gasteiger charge is -2.08. The molecule has 1 amide bonds. The first kappa shape index (κ1) is 14.7. The number of aromatic nitrogens is 2. The van der Waals surface area contributed by atoms with Crippen LogP contribution in [0, 0.1) is 0 Å². The summed E-state index contributed by atoms with van der Waals surface area (Å²) in [5, 5.41) is 2.42. The highest BCUT2D eigenvalue weighted by Crippen LogP contribution is 2.27. The Morgan fingerprint density at radius 2 is 1.95 bits per heavy atom. The van der Waals surface area contributed by atoms with Gasteiger partial charge in [-0.15, -0.1) is 0 Å². The minimum absolute atomic E-state index is 0.145. The highest BCUT2D eigenvalue weighted by atomic mass is 19.4. The minimum Gasteiger partial charge on any atom is -0.321 e. The number of hydrogen-bond acceptors (Lipinski definition) is 5. The maximum Gasteiger partial charge on any atom is 0.433 e. The standard InChI is InChI=1S/C12H10F3N5O/c13-12(14,15)9-2-1-8(6-18-9)19-11(21)7-3-4-17-10(5-7)20-16/h1-6H,16H2,(H,17,20)(H,19,21). The van der Waals surface area contributed by atoms with Crippen LogP contribution in [0.4, 0.5) is 24.7 Å². The van der Waals surface area contributed by atoms with Crippen molar-refractivity contribution in [1.29, 1.82) is 0 Å². The summed E-state index contributed by atoms with van der Waals surface area (Å²) in [4.78, 5) is 19.0. The van der Waals surface area contributed by atoms with E-state index in [1.54, 1.807) is 0 Å². The lowest BCUT2D eigenvalue weighted by atomic mass is 10.2. The van der Waals surface area contributed by atoms with E-state index in [0.717, 1.165) is 18.3 Å². The Balaban J connectivity index is 2.12. The first-order valence-electron chi connectivity index (χ1n) is 5.67. The number of nitrogen functional groups attached to an aromatic ring is 1. The number of halogens is 3. The van der Waals surface area contributed by atoms with Crippen molar-refractivity contribution in [1.82, 2.24) is 9.97 Å². The third-order valence-corrected chi connectivity index (χ3v) is 2.48. The number of anilines is 2. The number of hydrogen-bond donors (Lipinski definition) is 3. The summed E-state index contributed by atoms with van der Waals surface area (Å²) in [6, 6.07) is 4.74. The van der Waals surface area contributed by atoms with Gasteiger partial charge in [-0.25, -0.2) is 15.8 Å². The predicted octanol–water partition coefficient (Wildman–Crippen LogP) is 2.03. The SMILES string of the molecule is NNc1cc(C(=O)Nc2ccc(C(F)(F)F)nc2)ccn1. The molecule has 0 radical (unpaired) electrons. The van der Waals surface area contributed by atoms with Gasteiger partial charge < -0.3 is 10.7 Å². The molecule has 9 heteroatoms. The molecule has 2 aromatic heterocycles. The summed E-state index contributed by atoms with van der Waals surface area (Å²) in [5.74, 6) is 4.94. The molecular formula is C12H10F3N5O. The van der Waals surface area contributed by atoms with Gasteiger partial charge in [0.1, 0.15) is 11.5 Å². The van der Waals surface area contributed by atoms with E-state index in [1.807, 2.05) is 0 Å². The van der Waals surface area contributed by atoms with Crippen molar-refractivity contribution in [2.24, 2.45) is 5.84 Å². The number of alkyl halides is 3. The molecule has 0 saturated carbocycles. The maximum absolute atomic E-state index is 12.4. The Morgan fingerprint density at radius 1 is 1.19 bits per heavy atom. The monoisotopic (exact) mass is 297 g/mol. The Bertz CT molecular complexity index is 642. The van der Waals surface area contributed by atoms with Gasteiger partial charge in [0.05, 0.1) is 11.9 Å². The van der Waals surface area contributed by atoms with Crippen molar-refractivity contribution >= 4 is 17.4 Å². The summed E-state index contributed by atoms with van der Waals surface area (Å²) >= 11 is 0. The van der Waals surface area contributed by atoms with E-state index in [1.165, 1.54) is 18.3 Å². The molecule has 0 bridgehead atoms. The molecule has 0 aromatic carbocycles. The molecule has 2 aromatic rings. The van der Waals surface area contributed by atoms with E-state index in [-0.39, 0.29) is 17.1 Å². The molecule has 0 fully saturated rings. The van der Waals surface area contributed by atoms with Crippen molar-refractivity contribution < 1.29 is 18.0 Å². The van der Waals surface area contributed by atoms with Crippen molar-refractivity contribution in [3.63, 3.8) is 0 Å². The van der Waals surface area contributed by atoms with Gasteiger partial charge in [0.15, 0.2) is 0 Å². The van der Waals surface area contributed by atoms with E-state index in [0.29, 0.717) is 0 Å². The van der Waals surface area contributed by atoms with Crippen molar-refractivity contribution in [3.8, 4) is 0 Å². The van der Waals surface area contributed by atoms with Gasteiger partial charge in [-0.3, -0.25) is 4.79 Å². The Labute approximate surface area is 117 Å². The minimum atomic E-state index is -4.52. The smallest absolute Gasteiger partial charge is 0.321 e. The number of carbonyl (C=O) groups is 1. The second-order valence-electron chi connectivity index (χ2n) is 3.96. The van der Waals surface area contributed by atoms with Gasteiger partial charge in [-0.2, -0.15) is 13.2 Å². The number of nitrogens with zero attached hydrogens (tertiary/aromatic N) is 2. The van der Waals surface area contributed by atoms with E-state index >= 15 is 0 Å². The van der Waals surface area contributed by atoms with E-state index in [2.05, 4.69) is 20.7 Å². The Morgan fingerprint density at radius 3 is 2.52 bits per heavy atom. The van der Waals surface area contributed by atoms with Crippen LogP contribution in [0.3, 0.4) is 0 Å². The Hall–Kier alpha value is -2.68. The molecule has 0 aliphatic carbocycles. The molecule has 2 heterocycles. The zero-order valence-electron chi connectivity index (χ0n) is 10.5. The molecule has 4 N–H and O–H groups in total. The number of amides is 1. The van der Waals surface area contributed by atoms with Gasteiger partial charge in [0.2, 0.25) is 0 Å². The molecular weight excluding hydrogens is 287 g/mol. The van der Waals surface area contributed by atoms with Crippen LogP contribution in [0.15, 0.2) is 36.7 Å². The molecule has 0 spiro atoms.